The summed E-state index contributed by atoms with van der Waals surface area (Å²) in [7, 11) is 0. The van der Waals surface area contributed by atoms with Crippen molar-refractivity contribution in [3.8, 4) is 10.4 Å². The number of thiazole rings is 2. The molecule has 0 radical (unpaired) electrons. The van der Waals surface area contributed by atoms with Gasteiger partial charge in [0.05, 0.1) is 26.1 Å². The number of nitrogens with zero attached hydrogens (tertiary/aromatic N) is 4. The standard InChI is InChI=1S/C22H19BrFN5O2S2/c1-11-18(29-7-8-32-22(29)26-11)20(30)25-10-14-5-6-28(14)21(31)17-19(33-12(2)27-17)13-3-4-16(24)15(23)9-13/h3-4,7-9,14H,5-6,10H2,1-2H3,(H,25,30)/t14-/m0/s1. The van der Waals surface area contributed by atoms with E-state index in [9.17, 15) is 14.0 Å². The maximum absolute atomic E-state index is 13.7. The third kappa shape index (κ3) is 3.98. The third-order valence-electron chi connectivity index (χ3n) is 5.67. The van der Waals surface area contributed by atoms with Crippen LogP contribution in [0, 0.1) is 19.7 Å². The Labute approximate surface area is 205 Å². The van der Waals surface area contributed by atoms with Crippen LogP contribution in [0.3, 0.4) is 0 Å². The lowest BCUT2D eigenvalue weighted by atomic mass is 10.0. The number of fused-ring (bicyclic) bond motifs is 1. The van der Waals surface area contributed by atoms with Crippen molar-refractivity contribution in [2.24, 2.45) is 0 Å². The molecule has 1 atom stereocenters. The molecule has 0 spiro atoms. The number of imidazole rings is 1. The van der Waals surface area contributed by atoms with Crippen molar-refractivity contribution >= 4 is 55.4 Å². The summed E-state index contributed by atoms with van der Waals surface area (Å²) in [5, 5.41) is 5.60. The van der Waals surface area contributed by atoms with E-state index in [2.05, 4.69) is 31.2 Å². The van der Waals surface area contributed by atoms with E-state index in [-0.39, 0.29) is 23.7 Å². The van der Waals surface area contributed by atoms with Crippen LogP contribution in [-0.4, -0.2) is 50.2 Å². The summed E-state index contributed by atoms with van der Waals surface area (Å²) in [5.41, 5.74) is 2.29. The van der Waals surface area contributed by atoms with Gasteiger partial charge < -0.3 is 10.2 Å². The first-order chi connectivity index (χ1) is 15.8. The van der Waals surface area contributed by atoms with Gasteiger partial charge in [0.2, 0.25) is 0 Å². The normalized spacial score (nSPS) is 15.6. The summed E-state index contributed by atoms with van der Waals surface area (Å²) in [6.07, 6.45) is 2.62. The number of hydrogen-bond donors (Lipinski definition) is 1. The number of rotatable bonds is 5. The molecule has 1 aliphatic rings. The second-order valence-electron chi connectivity index (χ2n) is 7.79. The number of aromatic nitrogens is 3. The number of carbonyl (C=O) groups excluding carboxylic acids is 2. The number of amides is 2. The Hall–Kier alpha value is -2.63. The van der Waals surface area contributed by atoms with Crippen molar-refractivity contribution in [3.05, 3.63) is 62.2 Å². The first kappa shape index (κ1) is 22.2. The predicted molar refractivity (Wildman–Crippen MR) is 130 cm³/mol. The minimum Gasteiger partial charge on any atom is -0.349 e. The summed E-state index contributed by atoms with van der Waals surface area (Å²) in [4.78, 5) is 38.2. The van der Waals surface area contributed by atoms with Crippen LogP contribution >= 0.6 is 38.6 Å². The monoisotopic (exact) mass is 547 g/mol. The van der Waals surface area contributed by atoms with Gasteiger partial charge in [0.1, 0.15) is 17.2 Å². The molecule has 0 saturated carbocycles. The summed E-state index contributed by atoms with van der Waals surface area (Å²) < 4.78 is 15.8. The molecule has 170 valence electrons. The Balaban J connectivity index is 1.31. The van der Waals surface area contributed by atoms with E-state index in [0.29, 0.717) is 39.5 Å². The van der Waals surface area contributed by atoms with E-state index < -0.39 is 0 Å². The zero-order valence-corrected chi connectivity index (χ0v) is 21.0. The first-order valence-corrected chi connectivity index (χ1v) is 12.8. The van der Waals surface area contributed by atoms with Gasteiger partial charge in [-0.1, -0.05) is 6.07 Å². The molecule has 0 bridgehead atoms. The van der Waals surface area contributed by atoms with Gasteiger partial charge in [-0.15, -0.1) is 22.7 Å². The molecule has 1 saturated heterocycles. The Bertz CT molecular complexity index is 1390. The Kier molecular flexibility index (Phi) is 5.79. The van der Waals surface area contributed by atoms with Gasteiger partial charge in [0.25, 0.3) is 11.8 Å². The maximum Gasteiger partial charge on any atom is 0.274 e. The van der Waals surface area contributed by atoms with Crippen molar-refractivity contribution in [3.63, 3.8) is 0 Å². The van der Waals surface area contributed by atoms with E-state index in [0.717, 1.165) is 22.0 Å². The van der Waals surface area contributed by atoms with Crippen molar-refractivity contribution in [2.75, 3.05) is 13.1 Å². The molecule has 0 unspecified atom stereocenters. The highest BCUT2D eigenvalue weighted by Gasteiger charge is 2.35. The molecule has 0 aliphatic carbocycles. The van der Waals surface area contributed by atoms with E-state index in [4.69, 9.17) is 0 Å². The predicted octanol–water partition coefficient (Wildman–Crippen LogP) is 4.68. The molecule has 7 nitrogen and oxygen atoms in total. The molecule has 1 fully saturated rings. The molecule has 1 aliphatic heterocycles. The number of carbonyl (C=O) groups is 2. The Morgan fingerprint density at radius 1 is 1.30 bits per heavy atom. The molecule has 3 aromatic heterocycles. The highest BCUT2D eigenvalue weighted by molar-refractivity contribution is 9.10. The van der Waals surface area contributed by atoms with Crippen molar-refractivity contribution in [1.82, 2.24) is 24.6 Å². The first-order valence-electron chi connectivity index (χ1n) is 10.3. The lowest BCUT2D eigenvalue weighted by Crippen LogP contribution is -2.56. The SMILES string of the molecule is Cc1nc(C(=O)N2CC[C@H]2CNC(=O)c2c(C)nc3sccn23)c(-c2ccc(F)c(Br)c2)s1. The third-order valence-corrected chi connectivity index (χ3v) is 8.06. The summed E-state index contributed by atoms with van der Waals surface area (Å²) in [5.74, 6) is -0.750. The van der Waals surface area contributed by atoms with Crippen LogP contribution in [0.5, 0.6) is 0 Å². The maximum atomic E-state index is 13.7. The number of hydrogen-bond acceptors (Lipinski definition) is 6. The fraction of sp³-hybridized carbons (Fsp3) is 0.273. The lowest BCUT2D eigenvalue weighted by Gasteiger charge is -2.40. The van der Waals surface area contributed by atoms with Crippen LogP contribution in [0.2, 0.25) is 0 Å². The number of nitrogens with one attached hydrogen (secondary N) is 1. The van der Waals surface area contributed by atoms with Crippen molar-refractivity contribution in [2.45, 2.75) is 26.3 Å². The van der Waals surface area contributed by atoms with Crippen LogP contribution in [0.1, 0.15) is 38.1 Å². The van der Waals surface area contributed by atoms with Crippen LogP contribution in [0.25, 0.3) is 15.4 Å². The molecular weight excluding hydrogens is 529 g/mol. The molecule has 4 heterocycles. The topological polar surface area (TPSA) is 79.6 Å². The fourth-order valence-corrected chi connectivity index (χ4v) is 5.97. The lowest BCUT2D eigenvalue weighted by molar-refractivity contribution is 0.0451. The van der Waals surface area contributed by atoms with Gasteiger partial charge in [0.15, 0.2) is 4.96 Å². The Morgan fingerprint density at radius 2 is 2.12 bits per heavy atom. The molecular formula is C22H19BrFN5O2S2. The number of aryl methyl sites for hydroxylation is 2. The van der Waals surface area contributed by atoms with Gasteiger partial charge >= 0.3 is 0 Å². The number of halogens is 2. The molecule has 11 heteroatoms. The second-order valence-corrected chi connectivity index (χ2v) is 10.7. The highest BCUT2D eigenvalue weighted by atomic mass is 79.9. The van der Waals surface area contributed by atoms with E-state index in [1.165, 1.54) is 28.7 Å². The quantitative estimate of drug-likeness (QED) is 0.393. The average molecular weight is 548 g/mol. The summed E-state index contributed by atoms with van der Waals surface area (Å²) in [6.45, 7) is 4.61. The Morgan fingerprint density at radius 3 is 2.85 bits per heavy atom. The van der Waals surface area contributed by atoms with Crippen molar-refractivity contribution < 1.29 is 14.0 Å². The zero-order valence-electron chi connectivity index (χ0n) is 17.8. The highest BCUT2D eigenvalue weighted by Crippen LogP contribution is 2.34. The minimum atomic E-state index is -0.362. The minimum absolute atomic E-state index is 0.109. The van der Waals surface area contributed by atoms with Gasteiger partial charge in [0, 0.05) is 24.7 Å². The van der Waals surface area contributed by atoms with Crippen molar-refractivity contribution in [1.29, 1.82) is 0 Å². The molecule has 33 heavy (non-hydrogen) atoms. The molecule has 1 aromatic carbocycles. The second kappa shape index (κ2) is 8.62. The van der Waals surface area contributed by atoms with Gasteiger partial charge in [-0.05, 0) is 53.9 Å². The van der Waals surface area contributed by atoms with E-state index >= 15 is 0 Å². The molecule has 4 aromatic rings. The van der Waals surface area contributed by atoms with Crippen LogP contribution in [-0.2, 0) is 0 Å². The zero-order chi connectivity index (χ0) is 23.3. The van der Waals surface area contributed by atoms with Crippen LogP contribution < -0.4 is 5.32 Å². The molecule has 2 amide bonds. The summed E-state index contributed by atoms with van der Waals surface area (Å²) >= 11 is 6.09. The number of benzene rings is 1. The van der Waals surface area contributed by atoms with E-state index in [1.807, 2.05) is 25.4 Å². The van der Waals surface area contributed by atoms with Gasteiger partial charge in [-0.2, -0.15) is 0 Å². The van der Waals surface area contributed by atoms with E-state index in [1.54, 1.807) is 21.4 Å². The molecule has 5 rings (SSSR count). The number of likely N-dealkylation sites (tertiary alicyclic amines) is 1. The summed E-state index contributed by atoms with van der Waals surface area (Å²) in [6, 6.07) is 4.57. The largest absolute Gasteiger partial charge is 0.349 e. The fourth-order valence-electron chi connectivity index (χ4n) is 3.92. The average Bonchev–Trinajstić information content (AvgIpc) is 3.43. The van der Waals surface area contributed by atoms with Gasteiger partial charge in [-0.3, -0.25) is 14.0 Å². The molecule has 1 N–H and O–H groups in total. The van der Waals surface area contributed by atoms with Crippen LogP contribution in [0.15, 0.2) is 34.2 Å². The van der Waals surface area contributed by atoms with Crippen LogP contribution in [0.4, 0.5) is 4.39 Å². The van der Waals surface area contributed by atoms with Gasteiger partial charge in [-0.25, -0.2) is 14.4 Å². The smallest absolute Gasteiger partial charge is 0.274 e.